The summed E-state index contributed by atoms with van der Waals surface area (Å²) in [5.74, 6) is -0.0388. The lowest BCUT2D eigenvalue weighted by Crippen LogP contribution is -2.36. The van der Waals surface area contributed by atoms with Crippen LogP contribution >= 0.6 is 0 Å². The minimum absolute atomic E-state index is 0.0239. The summed E-state index contributed by atoms with van der Waals surface area (Å²) in [5, 5.41) is 5.96. The van der Waals surface area contributed by atoms with Gasteiger partial charge in [-0.2, -0.15) is 0 Å². The van der Waals surface area contributed by atoms with E-state index < -0.39 is 0 Å². The Labute approximate surface area is 117 Å². The van der Waals surface area contributed by atoms with Crippen LogP contribution in [0.1, 0.15) is 25.7 Å². The number of nitrogens with one attached hydrogen (secondary N) is 2. The maximum atomic E-state index is 11.6. The molecule has 1 aliphatic carbocycles. The van der Waals surface area contributed by atoms with Crippen LogP contribution in [0.4, 0.5) is 0 Å². The van der Waals surface area contributed by atoms with Gasteiger partial charge in [0, 0.05) is 24.9 Å². The first-order chi connectivity index (χ1) is 9.55. The third-order valence-corrected chi connectivity index (χ3v) is 5.32. The van der Waals surface area contributed by atoms with Crippen molar-refractivity contribution in [3.63, 3.8) is 0 Å². The Bertz CT molecular complexity index is 453. The van der Waals surface area contributed by atoms with Crippen LogP contribution in [0.3, 0.4) is 0 Å². The molecule has 2 saturated heterocycles. The first-order valence-electron chi connectivity index (χ1n) is 7.31. The maximum Gasteiger partial charge on any atom is 0.234 e. The van der Waals surface area contributed by atoms with Crippen LogP contribution in [0.2, 0.25) is 0 Å². The lowest BCUT2D eigenvalue weighted by atomic mass is 9.86. The molecule has 0 bridgehead atoms. The summed E-state index contributed by atoms with van der Waals surface area (Å²) in [5.41, 5.74) is 5.38. The molecule has 0 radical (unpaired) electrons. The molecule has 110 valence electrons. The number of primary amides is 1. The van der Waals surface area contributed by atoms with Gasteiger partial charge in [0.25, 0.3) is 0 Å². The van der Waals surface area contributed by atoms with Crippen LogP contribution < -0.4 is 16.4 Å². The van der Waals surface area contributed by atoms with Crippen molar-refractivity contribution in [1.82, 2.24) is 10.6 Å². The topological polar surface area (TPSA) is 101 Å². The summed E-state index contributed by atoms with van der Waals surface area (Å²) in [6, 6.07) is -0.262. The smallest absolute Gasteiger partial charge is 0.234 e. The van der Waals surface area contributed by atoms with Crippen molar-refractivity contribution in [2.75, 3.05) is 13.1 Å². The van der Waals surface area contributed by atoms with Gasteiger partial charge in [-0.3, -0.25) is 9.59 Å². The van der Waals surface area contributed by atoms with Crippen molar-refractivity contribution < 1.29 is 14.4 Å². The molecule has 1 saturated carbocycles. The Hall–Kier alpha value is -1.43. The number of hydrogen-bond acceptors (Lipinski definition) is 4. The Morgan fingerprint density at radius 2 is 2.30 bits per heavy atom. The van der Waals surface area contributed by atoms with Gasteiger partial charge >= 0.3 is 0 Å². The van der Waals surface area contributed by atoms with E-state index in [0.29, 0.717) is 12.3 Å². The standard InChI is InChI=1S/C14H21N3O3/c15-12(19)11-5-14(7-17-11)4-10(14)9(6-18)3-8-1-2-16-13(8)20/h6,8-11,17H,1-5,7H2,(H2,15,19)(H,16,20)/t8-,9-,10?,11?,14?/m1/s1. The van der Waals surface area contributed by atoms with E-state index in [4.69, 9.17) is 5.73 Å². The summed E-state index contributed by atoms with van der Waals surface area (Å²) in [6.45, 7) is 1.47. The van der Waals surface area contributed by atoms with E-state index in [1.54, 1.807) is 0 Å². The fourth-order valence-corrected chi connectivity index (χ4v) is 4.01. The Balaban J connectivity index is 1.60. The van der Waals surface area contributed by atoms with Crippen molar-refractivity contribution in [3.8, 4) is 0 Å². The third kappa shape index (κ3) is 2.22. The summed E-state index contributed by atoms with van der Waals surface area (Å²) in [7, 11) is 0. The second-order valence-electron chi connectivity index (χ2n) is 6.53. The molecule has 1 spiro atoms. The molecule has 20 heavy (non-hydrogen) atoms. The van der Waals surface area contributed by atoms with Crippen LogP contribution in [0.5, 0.6) is 0 Å². The number of nitrogens with two attached hydrogens (primary N) is 1. The normalized spacial score (nSPS) is 40.6. The zero-order valence-electron chi connectivity index (χ0n) is 11.4. The summed E-state index contributed by atoms with van der Waals surface area (Å²) in [6.07, 6.45) is 4.16. The average molecular weight is 279 g/mol. The van der Waals surface area contributed by atoms with Crippen LogP contribution in [0, 0.1) is 23.2 Å². The lowest BCUT2D eigenvalue weighted by molar-refractivity contribution is -0.123. The Kier molecular flexibility index (Phi) is 3.28. The minimum Gasteiger partial charge on any atom is -0.368 e. The minimum atomic E-state index is -0.314. The molecule has 6 nitrogen and oxygen atoms in total. The molecule has 2 heterocycles. The molecule has 4 N–H and O–H groups in total. The number of carbonyl (C=O) groups is 3. The maximum absolute atomic E-state index is 11.6. The summed E-state index contributed by atoms with van der Waals surface area (Å²) < 4.78 is 0. The van der Waals surface area contributed by atoms with Gasteiger partial charge in [-0.15, -0.1) is 0 Å². The van der Waals surface area contributed by atoms with Crippen LogP contribution in [0.15, 0.2) is 0 Å². The van der Waals surface area contributed by atoms with Gasteiger partial charge in [-0.05, 0) is 37.0 Å². The highest BCUT2D eigenvalue weighted by molar-refractivity contribution is 5.81. The number of rotatable bonds is 5. The first-order valence-corrected chi connectivity index (χ1v) is 7.31. The fraction of sp³-hybridized carbons (Fsp3) is 0.786. The van der Waals surface area contributed by atoms with Gasteiger partial charge in [0.05, 0.1) is 6.04 Å². The average Bonchev–Trinajstić information content (AvgIpc) is 2.73. The highest BCUT2D eigenvalue weighted by Crippen LogP contribution is 2.61. The number of hydrogen-bond donors (Lipinski definition) is 3. The van der Waals surface area contributed by atoms with Gasteiger partial charge in [-0.25, -0.2) is 0 Å². The second kappa shape index (κ2) is 4.84. The van der Waals surface area contributed by atoms with Gasteiger partial charge in [0.1, 0.15) is 6.29 Å². The van der Waals surface area contributed by atoms with Gasteiger partial charge in [0.15, 0.2) is 0 Å². The molecule has 5 atom stereocenters. The van der Waals surface area contributed by atoms with E-state index in [1.807, 2.05) is 0 Å². The molecule has 3 rings (SSSR count). The predicted octanol–water partition coefficient (Wildman–Crippen LogP) is -0.819. The van der Waals surface area contributed by atoms with Crippen LogP contribution in [0.25, 0.3) is 0 Å². The SMILES string of the molecule is NC(=O)C1CC2(CN1)CC2[C@@H](C=O)C[C@H]1CCNC1=O. The molecule has 3 unspecified atom stereocenters. The van der Waals surface area contributed by atoms with E-state index in [-0.39, 0.29) is 35.1 Å². The molecule has 0 aromatic heterocycles. The van der Waals surface area contributed by atoms with E-state index >= 15 is 0 Å². The van der Waals surface area contributed by atoms with Gasteiger partial charge < -0.3 is 21.2 Å². The molecule has 6 heteroatoms. The summed E-state index contributed by atoms with van der Waals surface area (Å²) >= 11 is 0. The monoisotopic (exact) mass is 279 g/mol. The molecule has 3 aliphatic rings. The number of carbonyl (C=O) groups excluding carboxylic acids is 3. The molecule has 0 aromatic rings. The summed E-state index contributed by atoms with van der Waals surface area (Å²) in [4.78, 5) is 34.2. The van der Waals surface area contributed by atoms with Crippen molar-refractivity contribution in [2.24, 2.45) is 28.9 Å². The lowest BCUT2D eigenvalue weighted by Gasteiger charge is -2.16. The molecule has 2 amide bonds. The predicted molar refractivity (Wildman–Crippen MR) is 71.4 cm³/mol. The van der Waals surface area contributed by atoms with E-state index in [1.165, 1.54) is 0 Å². The molecule has 0 aromatic carbocycles. The highest BCUT2D eigenvalue weighted by atomic mass is 16.2. The number of amides is 2. The molecular formula is C14H21N3O3. The Morgan fingerprint density at radius 3 is 2.85 bits per heavy atom. The van der Waals surface area contributed by atoms with Crippen molar-refractivity contribution in [3.05, 3.63) is 0 Å². The molecule has 2 aliphatic heterocycles. The van der Waals surface area contributed by atoms with Crippen molar-refractivity contribution in [2.45, 2.75) is 31.7 Å². The van der Waals surface area contributed by atoms with Gasteiger partial charge in [-0.1, -0.05) is 0 Å². The zero-order valence-corrected chi connectivity index (χ0v) is 11.4. The highest BCUT2D eigenvalue weighted by Gasteiger charge is 2.61. The largest absolute Gasteiger partial charge is 0.368 e. The van der Waals surface area contributed by atoms with Crippen molar-refractivity contribution >= 4 is 18.1 Å². The van der Waals surface area contributed by atoms with E-state index in [2.05, 4.69) is 10.6 Å². The molecule has 3 fully saturated rings. The van der Waals surface area contributed by atoms with Gasteiger partial charge in [0.2, 0.25) is 11.8 Å². The van der Waals surface area contributed by atoms with E-state index in [9.17, 15) is 14.4 Å². The number of aldehydes is 1. The first kappa shape index (κ1) is 13.5. The van der Waals surface area contributed by atoms with E-state index in [0.717, 1.165) is 38.6 Å². The van der Waals surface area contributed by atoms with Crippen LogP contribution in [-0.2, 0) is 14.4 Å². The zero-order chi connectivity index (χ0) is 14.3. The second-order valence-corrected chi connectivity index (χ2v) is 6.53. The quantitative estimate of drug-likeness (QED) is 0.572. The fourth-order valence-electron chi connectivity index (χ4n) is 4.01. The van der Waals surface area contributed by atoms with Crippen molar-refractivity contribution in [1.29, 1.82) is 0 Å². The van der Waals surface area contributed by atoms with Crippen LogP contribution in [-0.4, -0.2) is 37.2 Å². The third-order valence-electron chi connectivity index (χ3n) is 5.32. The molecular weight excluding hydrogens is 258 g/mol. The Morgan fingerprint density at radius 1 is 1.50 bits per heavy atom.